The smallest absolute Gasteiger partial charge is 0.246 e. The minimum atomic E-state index is 0.0449. The Hall–Kier alpha value is -1.81. The molecule has 0 spiro atoms. The van der Waals surface area contributed by atoms with Crippen LogP contribution in [0.1, 0.15) is 25.5 Å². The van der Waals surface area contributed by atoms with E-state index in [4.69, 9.17) is 11.6 Å². The van der Waals surface area contributed by atoms with E-state index in [1.807, 2.05) is 33.7 Å². The molecule has 1 unspecified atom stereocenters. The fraction of sp³-hybridized carbons (Fsp3) is 0.375. The molecule has 3 rings (SSSR count). The first-order valence-electron chi connectivity index (χ1n) is 7.25. The number of nitrogens with zero attached hydrogens (tertiary/aromatic N) is 3. The van der Waals surface area contributed by atoms with Crippen LogP contribution in [-0.4, -0.2) is 33.3 Å². The lowest BCUT2D eigenvalue weighted by Gasteiger charge is -2.30. The highest BCUT2D eigenvalue weighted by Crippen LogP contribution is 2.20. The molecule has 0 aromatic carbocycles. The van der Waals surface area contributed by atoms with E-state index < -0.39 is 0 Å². The summed E-state index contributed by atoms with van der Waals surface area (Å²) < 4.78 is 1.88. The van der Waals surface area contributed by atoms with Crippen molar-refractivity contribution in [2.45, 2.75) is 19.8 Å². The zero-order valence-corrected chi connectivity index (χ0v) is 12.8. The first kappa shape index (κ1) is 14.1. The van der Waals surface area contributed by atoms with Gasteiger partial charge in [0.15, 0.2) is 5.15 Å². The number of halogens is 1. The van der Waals surface area contributed by atoms with Crippen molar-refractivity contribution in [3.63, 3.8) is 0 Å². The normalized spacial score (nSPS) is 19.5. The minimum absolute atomic E-state index is 0.0449. The van der Waals surface area contributed by atoms with Gasteiger partial charge < -0.3 is 4.90 Å². The predicted octanol–water partition coefficient (Wildman–Crippen LogP) is 3.26. The summed E-state index contributed by atoms with van der Waals surface area (Å²) in [5, 5.41) is 0.414. The maximum atomic E-state index is 12.3. The van der Waals surface area contributed by atoms with Gasteiger partial charge in [-0.2, -0.15) is 0 Å². The van der Waals surface area contributed by atoms with E-state index in [1.54, 1.807) is 12.2 Å². The van der Waals surface area contributed by atoms with Crippen LogP contribution in [0, 0.1) is 5.92 Å². The van der Waals surface area contributed by atoms with Gasteiger partial charge in [0.05, 0.1) is 5.69 Å². The molecule has 3 heterocycles. The molecule has 0 bridgehead atoms. The monoisotopic (exact) mass is 303 g/mol. The number of hydrogen-bond acceptors (Lipinski definition) is 2. The van der Waals surface area contributed by atoms with Crippen molar-refractivity contribution in [3.05, 3.63) is 41.3 Å². The zero-order chi connectivity index (χ0) is 14.8. The van der Waals surface area contributed by atoms with Gasteiger partial charge in [0.25, 0.3) is 0 Å². The maximum absolute atomic E-state index is 12.3. The molecule has 0 radical (unpaired) electrons. The largest absolute Gasteiger partial charge is 0.339 e. The molecule has 1 atom stereocenters. The maximum Gasteiger partial charge on any atom is 0.246 e. The zero-order valence-electron chi connectivity index (χ0n) is 12.0. The summed E-state index contributed by atoms with van der Waals surface area (Å²) in [4.78, 5) is 18.4. The number of carbonyl (C=O) groups excluding carboxylic acids is 1. The Morgan fingerprint density at radius 2 is 2.33 bits per heavy atom. The molecule has 4 nitrogen and oxygen atoms in total. The van der Waals surface area contributed by atoms with Gasteiger partial charge >= 0.3 is 0 Å². The lowest BCUT2D eigenvalue weighted by molar-refractivity contribution is -0.127. The van der Waals surface area contributed by atoms with Crippen LogP contribution in [-0.2, 0) is 4.79 Å². The van der Waals surface area contributed by atoms with E-state index in [1.165, 1.54) is 6.42 Å². The van der Waals surface area contributed by atoms with Crippen LogP contribution in [0.2, 0.25) is 5.15 Å². The van der Waals surface area contributed by atoms with Gasteiger partial charge in [0.1, 0.15) is 5.65 Å². The molecule has 0 saturated carbocycles. The Morgan fingerprint density at radius 3 is 3.14 bits per heavy atom. The Morgan fingerprint density at radius 1 is 1.48 bits per heavy atom. The number of likely N-dealkylation sites (tertiary alicyclic amines) is 1. The lowest BCUT2D eigenvalue weighted by atomic mass is 10.0. The van der Waals surface area contributed by atoms with Crippen molar-refractivity contribution in [3.8, 4) is 0 Å². The van der Waals surface area contributed by atoms with Crippen LogP contribution < -0.4 is 0 Å². The Kier molecular flexibility index (Phi) is 3.97. The van der Waals surface area contributed by atoms with Crippen LogP contribution in [0.5, 0.6) is 0 Å². The van der Waals surface area contributed by atoms with Crippen molar-refractivity contribution >= 4 is 29.2 Å². The summed E-state index contributed by atoms with van der Waals surface area (Å²) in [5.41, 5.74) is 1.52. The van der Waals surface area contributed by atoms with E-state index in [0.717, 1.165) is 30.9 Å². The molecule has 1 saturated heterocycles. The topological polar surface area (TPSA) is 37.6 Å². The standard InChI is InChI=1S/C16H18ClN3O/c1-12-5-4-9-19(11-12)15(21)8-7-13-16(17)18-14-6-2-3-10-20(13)14/h2-3,6-8,10,12H,4-5,9,11H2,1H3/b8-7+. The van der Waals surface area contributed by atoms with E-state index in [9.17, 15) is 4.79 Å². The molecule has 0 aliphatic carbocycles. The van der Waals surface area contributed by atoms with E-state index in [-0.39, 0.29) is 5.91 Å². The third kappa shape index (κ3) is 2.95. The third-order valence-electron chi connectivity index (χ3n) is 3.87. The van der Waals surface area contributed by atoms with Crippen LogP contribution in [0.4, 0.5) is 0 Å². The number of carbonyl (C=O) groups is 1. The first-order valence-corrected chi connectivity index (χ1v) is 7.62. The number of fused-ring (bicyclic) bond motifs is 1. The van der Waals surface area contributed by atoms with Gasteiger partial charge in [-0.25, -0.2) is 4.98 Å². The molecule has 0 N–H and O–H groups in total. The van der Waals surface area contributed by atoms with Crippen molar-refractivity contribution in [2.75, 3.05) is 13.1 Å². The molecule has 1 fully saturated rings. The molecule has 1 aliphatic rings. The molecule has 1 aliphatic heterocycles. The highest BCUT2D eigenvalue weighted by Gasteiger charge is 2.19. The summed E-state index contributed by atoms with van der Waals surface area (Å²) in [6.45, 7) is 3.86. The Bertz CT molecular complexity index is 692. The number of imidazole rings is 1. The van der Waals surface area contributed by atoms with Gasteiger partial charge in [-0.1, -0.05) is 24.6 Å². The van der Waals surface area contributed by atoms with Crippen molar-refractivity contribution in [1.29, 1.82) is 0 Å². The molecule has 1 amide bonds. The lowest BCUT2D eigenvalue weighted by Crippen LogP contribution is -2.38. The average Bonchev–Trinajstić information content (AvgIpc) is 2.80. The van der Waals surface area contributed by atoms with E-state index in [2.05, 4.69) is 11.9 Å². The van der Waals surface area contributed by atoms with Gasteiger partial charge in [-0.15, -0.1) is 0 Å². The third-order valence-corrected chi connectivity index (χ3v) is 4.15. The first-order chi connectivity index (χ1) is 10.1. The molecular weight excluding hydrogens is 286 g/mol. The van der Waals surface area contributed by atoms with Crippen molar-refractivity contribution in [1.82, 2.24) is 14.3 Å². The van der Waals surface area contributed by atoms with Gasteiger partial charge in [0.2, 0.25) is 5.91 Å². The molecular formula is C16H18ClN3O. The van der Waals surface area contributed by atoms with Crippen LogP contribution in [0.25, 0.3) is 11.7 Å². The molecule has 2 aromatic rings. The Labute approximate surface area is 129 Å². The fourth-order valence-electron chi connectivity index (χ4n) is 2.78. The predicted molar refractivity (Wildman–Crippen MR) is 84.2 cm³/mol. The number of rotatable bonds is 2. The van der Waals surface area contributed by atoms with E-state index in [0.29, 0.717) is 11.1 Å². The van der Waals surface area contributed by atoms with Crippen LogP contribution in [0.15, 0.2) is 30.5 Å². The second-order valence-electron chi connectivity index (χ2n) is 5.58. The van der Waals surface area contributed by atoms with E-state index >= 15 is 0 Å². The molecule has 2 aromatic heterocycles. The highest BCUT2D eigenvalue weighted by molar-refractivity contribution is 6.31. The molecule has 110 valence electrons. The molecule has 5 heteroatoms. The van der Waals surface area contributed by atoms with Gasteiger partial charge in [0, 0.05) is 25.4 Å². The quantitative estimate of drug-likeness (QED) is 0.799. The SMILES string of the molecule is CC1CCCN(C(=O)/C=C/c2c(Cl)nc3ccccn23)C1. The summed E-state index contributed by atoms with van der Waals surface area (Å²) >= 11 is 6.15. The summed E-state index contributed by atoms with van der Waals surface area (Å²) in [6, 6.07) is 5.71. The van der Waals surface area contributed by atoms with Gasteiger partial charge in [-0.05, 0) is 37.0 Å². The average molecular weight is 304 g/mol. The second-order valence-corrected chi connectivity index (χ2v) is 5.94. The Balaban J connectivity index is 1.81. The number of pyridine rings is 1. The van der Waals surface area contributed by atoms with Crippen molar-refractivity contribution < 1.29 is 4.79 Å². The number of amides is 1. The summed E-state index contributed by atoms with van der Waals surface area (Å²) in [6.07, 6.45) is 7.52. The second kappa shape index (κ2) is 5.90. The highest BCUT2D eigenvalue weighted by atomic mass is 35.5. The summed E-state index contributed by atoms with van der Waals surface area (Å²) in [7, 11) is 0. The van der Waals surface area contributed by atoms with Crippen LogP contribution in [0.3, 0.4) is 0 Å². The number of hydrogen-bond donors (Lipinski definition) is 0. The number of aromatic nitrogens is 2. The molecule has 21 heavy (non-hydrogen) atoms. The van der Waals surface area contributed by atoms with Gasteiger partial charge in [-0.3, -0.25) is 9.20 Å². The van der Waals surface area contributed by atoms with Crippen molar-refractivity contribution in [2.24, 2.45) is 5.92 Å². The number of piperidine rings is 1. The summed E-state index contributed by atoms with van der Waals surface area (Å²) in [5.74, 6) is 0.624. The van der Waals surface area contributed by atoms with Crippen LogP contribution >= 0.6 is 11.6 Å². The minimum Gasteiger partial charge on any atom is -0.339 e. The fourth-order valence-corrected chi connectivity index (χ4v) is 3.02.